The molecule has 1 saturated heterocycles. The fourth-order valence-electron chi connectivity index (χ4n) is 3.10. The highest BCUT2D eigenvalue weighted by Crippen LogP contribution is 2.26. The number of rotatable bonds is 6. The zero-order valence-electron chi connectivity index (χ0n) is 14.2. The van der Waals surface area contributed by atoms with Crippen molar-refractivity contribution >= 4 is 16.5 Å². The monoisotopic (exact) mass is 333 g/mol. The van der Waals surface area contributed by atoms with Gasteiger partial charge in [-0.25, -0.2) is 0 Å². The molecular formula is C17H27N5S. The lowest BCUT2D eigenvalue weighted by Crippen LogP contribution is -2.23. The van der Waals surface area contributed by atoms with Crippen LogP contribution in [0, 0.1) is 0 Å². The molecule has 3 heterocycles. The molecule has 5 nitrogen and oxygen atoms in total. The predicted octanol–water partition coefficient (Wildman–Crippen LogP) is 3.55. The molecular weight excluding hydrogens is 306 g/mol. The molecule has 0 spiro atoms. The van der Waals surface area contributed by atoms with Crippen molar-refractivity contribution in [2.75, 3.05) is 31.1 Å². The van der Waals surface area contributed by atoms with Crippen molar-refractivity contribution in [3.05, 3.63) is 24.0 Å². The molecule has 0 atom stereocenters. The van der Waals surface area contributed by atoms with Gasteiger partial charge in [0.25, 0.3) is 0 Å². The van der Waals surface area contributed by atoms with E-state index in [2.05, 4.69) is 56.7 Å². The first-order chi connectivity index (χ1) is 11.3. The van der Waals surface area contributed by atoms with Crippen LogP contribution in [0.2, 0.25) is 0 Å². The van der Waals surface area contributed by atoms with E-state index in [0.29, 0.717) is 0 Å². The Labute approximate surface area is 142 Å². The second kappa shape index (κ2) is 7.93. The largest absolute Gasteiger partial charge is 0.347 e. The summed E-state index contributed by atoms with van der Waals surface area (Å²) in [5, 5.41) is 11.0. The van der Waals surface area contributed by atoms with Crippen LogP contribution in [-0.2, 0) is 6.54 Å². The summed E-state index contributed by atoms with van der Waals surface area (Å²) in [5.41, 5.74) is 1.28. The lowest BCUT2D eigenvalue weighted by molar-refractivity contribution is 0.290. The highest BCUT2D eigenvalue weighted by atomic mass is 32.1. The minimum atomic E-state index is 0.957. The van der Waals surface area contributed by atoms with Crippen molar-refractivity contribution in [1.82, 2.24) is 19.7 Å². The van der Waals surface area contributed by atoms with Crippen LogP contribution in [0.4, 0.5) is 5.13 Å². The van der Waals surface area contributed by atoms with E-state index in [9.17, 15) is 0 Å². The Bertz CT molecular complexity index is 594. The van der Waals surface area contributed by atoms with Gasteiger partial charge in [-0.3, -0.25) is 9.47 Å². The normalized spacial score (nSPS) is 16.0. The lowest BCUT2D eigenvalue weighted by Gasteiger charge is -2.19. The molecule has 23 heavy (non-hydrogen) atoms. The average Bonchev–Trinajstić information content (AvgIpc) is 3.15. The molecule has 0 bridgehead atoms. The SMILES string of the molecule is CCN(CC)Cc1cccn1-c1nnc(N2CCCCCC2)s1. The summed E-state index contributed by atoms with van der Waals surface area (Å²) in [5.74, 6) is 0. The first kappa shape index (κ1) is 16.5. The molecule has 0 unspecified atom stereocenters. The van der Waals surface area contributed by atoms with Crippen LogP contribution >= 0.6 is 11.3 Å². The van der Waals surface area contributed by atoms with Gasteiger partial charge in [0.1, 0.15) is 0 Å². The molecule has 2 aromatic rings. The van der Waals surface area contributed by atoms with Crippen LogP contribution in [0.5, 0.6) is 0 Å². The summed E-state index contributed by atoms with van der Waals surface area (Å²) >= 11 is 1.71. The Morgan fingerprint density at radius 1 is 1.04 bits per heavy atom. The van der Waals surface area contributed by atoms with E-state index in [1.807, 2.05) is 0 Å². The minimum Gasteiger partial charge on any atom is -0.347 e. The summed E-state index contributed by atoms with van der Waals surface area (Å²) in [6.07, 6.45) is 7.32. The summed E-state index contributed by atoms with van der Waals surface area (Å²) in [4.78, 5) is 4.82. The van der Waals surface area contributed by atoms with E-state index >= 15 is 0 Å². The van der Waals surface area contributed by atoms with Gasteiger partial charge in [-0.05, 0) is 38.1 Å². The van der Waals surface area contributed by atoms with Crippen molar-refractivity contribution in [3.8, 4) is 5.13 Å². The number of aromatic nitrogens is 3. The molecule has 1 fully saturated rings. The molecule has 0 aliphatic carbocycles. The third-order valence-electron chi connectivity index (χ3n) is 4.60. The fraction of sp³-hybridized carbons (Fsp3) is 0.647. The second-order valence-corrected chi connectivity index (χ2v) is 7.03. The summed E-state index contributed by atoms with van der Waals surface area (Å²) in [7, 11) is 0. The van der Waals surface area contributed by atoms with Crippen molar-refractivity contribution in [1.29, 1.82) is 0 Å². The third-order valence-corrected chi connectivity index (χ3v) is 5.58. The Morgan fingerprint density at radius 3 is 2.43 bits per heavy atom. The Kier molecular flexibility index (Phi) is 5.67. The van der Waals surface area contributed by atoms with Crippen molar-refractivity contribution < 1.29 is 0 Å². The molecule has 2 aromatic heterocycles. The number of hydrogen-bond donors (Lipinski definition) is 0. The number of hydrogen-bond acceptors (Lipinski definition) is 5. The Morgan fingerprint density at radius 2 is 1.74 bits per heavy atom. The topological polar surface area (TPSA) is 37.2 Å². The van der Waals surface area contributed by atoms with E-state index in [-0.39, 0.29) is 0 Å². The van der Waals surface area contributed by atoms with Crippen molar-refractivity contribution in [2.24, 2.45) is 0 Å². The average molecular weight is 334 g/mol. The second-order valence-electron chi connectivity index (χ2n) is 6.10. The highest BCUT2D eigenvalue weighted by Gasteiger charge is 2.16. The maximum Gasteiger partial charge on any atom is 0.218 e. The van der Waals surface area contributed by atoms with E-state index in [1.165, 1.54) is 31.4 Å². The Hall–Kier alpha value is -1.40. The quantitative estimate of drug-likeness (QED) is 0.810. The van der Waals surface area contributed by atoms with Crippen LogP contribution in [0.1, 0.15) is 45.2 Å². The molecule has 1 aliphatic heterocycles. The van der Waals surface area contributed by atoms with Gasteiger partial charge in [-0.15, -0.1) is 10.2 Å². The van der Waals surface area contributed by atoms with Crippen LogP contribution in [0.25, 0.3) is 5.13 Å². The van der Waals surface area contributed by atoms with Gasteiger partial charge < -0.3 is 4.90 Å². The summed E-state index contributed by atoms with van der Waals surface area (Å²) in [6, 6.07) is 4.29. The van der Waals surface area contributed by atoms with Gasteiger partial charge in [-0.2, -0.15) is 0 Å². The van der Waals surface area contributed by atoms with Crippen molar-refractivity contribution in [2.45, 2.75) is 46.1 Å². The molecule has 0 aromatic carbocycles. The highest BCUT2D eigenvalue weighted by molar-refractivity contribution is 7.17. The van der Waals surface area contributed by atoms with Gasteiger partial charge in [0.05, 0.1) is 0 Å². The molecule has 0 radical (unpaired) electrons. The standard InChI is InChI=1S/C17H27N5S/c1-3-20(4-2)14-15-10-9-13-22(15)17-19-18-16(23-17)21-11-7-5-6-8-12-21/h9-10,13H,3-8,11-12,14H2,1-2H3. The Balaban J connectivity index is 1.76. The van der Waals surface area contributed by atoms with Gasteiger partial charge >= 0.3 is 0 Å². The maximum absolute atomic E-state index is 4.46. The van der Waals surface area contributed by atoms with E-state index < -0.39 is 0 Å². The number of anilines is 1. The molecule has 126 valence electrons. The predicted molar refractivity (Wildman–Crippen MR) is 96.5 cm³/mol. The van der Waals surface area contributed by atoms with E-state index in [0.717, 1.165) is 43.0 Å². The molecule has 3 rings (SSSR count). The molecule has 1 aliphatic rings. The first-order valence-electron chi connectivity index (χ1n) is 8.79. The van der Waals surface area contributed by atoms with Crippen LogP contribution < -0.4 is 4.90 Å². The molecule has 0 N–H and O–H groups in total. The van der Waals surface area contributed by atoms with Crippen LogP contribution in [-0.4, -0.2) is 45.8 Å². The lowest BCUT2D eigenvalue weighted by atomic mass is 10.2. The zero-order valence-corrected chi connectivity index (χ0v) is 15.1. The summed E-state index contributed by atoms with van der Waals surface area (Å²) < 4.78 is 2.19. The first-order valence-corrected chi connectivity index (χ1v) is 9.61. The summed E-state index contributed by atoms with van der Waals surface area (Å²) in [6.45, 7) is 9.74. The fourth-order valence-corrected chi connectivity index (χ4v) is 4.02. The van der Waals surface area contributed by atoms with E-state index in [1.54, 1.807) is 11.3 Å². The minimum absolute atomic E-state index is 0.957. The third kappa shape index (κ3) is 3.93. The van der Waals surface area contributed by atoms with Gasteiger partial charge in [0.2, 0.25) is 10.3 Å². The smallest absolute Gasteiger partial charge is 0.218 e. The maximum atomic E-state index is 4.46. The van der Waals surface area contributed by atoms with Gasteiger partial charge in [0.15, 0.2) is 0 Å². The molecule has 0 saturated carbocycles. The van der Waals surface area contributed by atoms with Gasteiger partial charge in [0, 0.05) is 31.5 Å². The molecule has 6 heteroatoms. The van der Waals surface area contributed by atoms with Crippen LogP contribution in [0.15, 0.2) is 18.3 Å². The number of nitrogens with zero attached hydrogens (tertiary/aromatic N) is 5. The zero-order chi connectivity index (χ0) is 16.1. The van der Waals surface area contributed by atoms with Crippen molar-refractivity contribution in [3.63, 3.8) is 0 Å². The van der Waals surface area contributed by atoms with E-state index in [4.69, 9.17) is 0 Å². The molecule has 0 amide bonds. The van der Waals surface area contributed by atoms with Gasteiger partial charge in [-0.1, -0.05) is 38.0 Å². The van der Waals surface area contributed by atoms with Crippen LogP contribution in [0.3, 0.4) is 0 Å².